The molecule has 7 heteroatoms. The summed E-state index contributed by atoms with van der Waals surface area (Å²) in [6.07, 6.45) is 0.904. The number of methoxy groups -OCH3 is 1. The molecule has 0 aliphatic heterocycles. The molecule has 2 aromatic carbocycles. The molecule has 0 heterocycles. The van der Waals surface area contributed by atoms with Crippen molar-refractivity contribution in [2.75, 3.05) is 17.7 Å². The molecule has 0 aliphatic carbocycles. The topological polar surface area (TPSA) is 93.5 Å². The van der Waals surface area contributed by atoms with Crippen molar-refractivity contribution in [2.24, 2.45) is 0 Å². The summed E-state index contributed by atoms with van der Waals surface area (Å²) in [5.74, 6) is 0.0415. The minimum atomic E-state index is -0.531. The van der Waals surface area contributed by atoms with E-state index in [0.29, 0.717) is 5.75 Å². The van der Waals surface area contributed by atoms with Crippen LogP contribution in [0.4, 0.5) is 17.1 Å². The maximum Gasteiger partial charge on any atom is 0.271 e. The number of hydrogen-bond donors (Lipinski definition) is 2. The summed E-state index contributed by atoms with van der Waals surface area (Å²) in [7, 11) is 1.44. The Morgan fingerprint density at radius 2 is 2.04 bits per heavy atom. The predicted molar refractivity (Wildman–Crippen MR) is 97.2 cm³/mol. The number of non-ortho nitro benzene ring substituents is 1. The van der Waals surface area contributed by atoms with Gasteiger partial charge in [0.1, 0.15) is 11.8 Å². The molecule has 2 aromatic rings. The largest absolute Gasteiger partial charge is 0.495 e. The highest BCUT2D eigenvalue weighted by Crippen LogP contribution is 2.29. The minimum Gasteiger partial charge on any atom is -0.495 e. The van der Waals surface area contributed by atoms with E-state index in [9.17, 15) is 14.9 Å². The van der Waals surface area contributed by atoms with Gasteiger partial charge in [0.25, 0.3) is 5.69 Å². The van der Waals surface area contributed by atoms with Crippen molar-refractivity contribution in [1.82, 2.24) is 0 Å². The van der Waals surface area contributed by atoms with E-state index in [1.165, 1.54) is 25.3 Å². The van der Waals surface area contributed by atoms with E-state index >= 15 is 0 Å². The van der Waals surface area contributed by atoms with E-state index in [2.05, 4.69) is 17.6 Å². The van der Waals surface area contributed by atoms with Crippen LogP contribution in [0.15, 0.2) is 42.5 Å². The lowest BCUT2D eigenvalue weighted by molar-refractivity contribution is -0.384. The van der Waals surface area contributed by atoms with Gasteiger partial charge in [0, 0.05) is 17.8 Å². The van der Waals surface area contributed by atoms with Gasteiger partial charge in [-0.15, -0.1) is 0 Å². The van der Waals surface area contributed by atoms with E-state index in [1.807, 2.05) is 24.3 Å². The van der Waals surface area contributed by atoms with Crippen LogP contribution in [0.1, 0.15) is 19.4 Å². The third-order valence-corrected chi connectivity index (χ3v) is 3.76. The summed E-state index contributed by atoms with van der Waals surface area (Å²) >= 11 is 0. The Bertz CT molecular complexity index is 777. The van der Waals surface area contributed by atoms with Crippen LogP contribution in [0, 0.1) is 10.1 Å². The molecule has 2 N–H and O–H groups in total. The van der Waals surface area contributed by atoms with Crippen molar-refractivity contribution in [3.8, 4) is 5.75 Å². The first-order valence-corrected chi connectivity index (χ1v) is 7.93. The van der Waals surface area contributed by atoms with Gasteiger partial charge in [-0.25, -0.2) is 0 Å². The summed E-state index contributed by atoms with van der Waals surface area (Å²) in [6, 6.07) is 11.3. The first kappa shape index (κ1) is 18.3. The Morgan fingerprint density at radius 1 is 1.28 bits per heavy atom. The normalized spacial score (nSPS) is 11.5. The van der Waals surface area contributed by atoms with Crippen LogP contribution >= 0.6 is 0 Å². The smallest absolute Gasteiger partial charge is 0.271 e. The molecular formula is C18H21N3O4. The summed E-state index contributed by atoms with van der Waals surface area (Å²) < 4.78 is 5.15. The number of ether oxygens (including phenoxy) is 1. The van der Waals surface area contributed by atoms with Gasteiger partial charge in [0.2, 0.25) is 5.91 Å². The number of carbonyl (C=O) groups excluding carboxylic acids is 1. The van der Waals surface area contributed by atoms with Gasteiger partial charge in [-0.05, 0) is 37.1 Å². The molecule has 132 valence electrons. The zero-order chi connectivity index (χ0) is 18.4. The number of nitrogens with zero attached hydrogens (tertiary/aromatic N) is 1. The number of carbonyl (C=O) groups is 1. The maximum absolute atomic E-state index is 12.4. The Labute approximate surface area is 146 Å². The van der Waals surface area contributed by atoms with E-state index in [-0.39, 0.29) is 17.3 Å². The van der Waals surface area contributed by atoms with Crippen molar-refractivity contribution in [2.45, 2.75) is 26.3 Å². The number of aryl methyl sites for hydroxylation is 1. The molecule has 0 aromatic heterocycles. The number of amides is 1. The van der Waals surface area contributed by atoms with E-state index in [1.54, 1.807) is 6.92 Å². The van der Waals surface area contributed by atoms with Crippen molar-refractivity contribution < 1.29 is 14.5 Å². The predicted octanol–water partition coefficient (Wildman–Crippen LogP) is 3.60. The molecule has 0 saturated carbocycles. The third-order valence-electron chi connectivity index (χ3n) is 3.76. The fraction of sp³-hybridized carbons (Fsp3) is 0.278. The highest BCUT2D eigenvalue weighted by Gasteiger charge is 2.17. The molecule has 25 heavy (non-hydrogen) atoms. The van der Waals surface area contributed by atoms with Crippen molar-refractivity contribution in [3.05, 3.63) is 58.1 Å². The van der Waals surface area contributed by atoms with Crippen molar-refractivity contribution in [3.63, 3.8) is 0 Å². The zero-order valence-corrected chi connectivity index (χ0v) is 14.4. The summed E-state index contributed by atoms with van der Waals surface area (Å²) in [6.45, 7) is 3.78. The van der Waals surface area contributed by atoms with Crippen LogP contribution in [0.25, 0.3) is 0 Å². The van der Waals surface area contributed by atoms with Crippen LogP contribution in [-0.2, 0) is 11.2 Å². The van der Waals surface area contributed by atoms with Gasteiger partial charge in [-0.3, -0.25) is 14.9 Å². The van der Waals surface area contributed by atoms with Crippen LogP contribution in [0.5, 0.6) is 5.75 Å². The molecule has 0 spiro atoms. The molecule has 7 nitrogen and oxygen atoms in total. The highest BCUT2D eigenvalue weighted by atomic mass is 16.6. The van der Waals surface area contributed by atoms with Gasteiger partial charge in [-0.2, -0.15) is 0 Å². The molecule has 1 atom stereocenters. The van der Waals surface area contributed by atoms with E-state index < -0.39 is 11.0 Å². The number of hydrogen-bond acceptors (Lipinski definition) is 5. The first-order chi connectivity index (χ1) is 11.9. The number of nitro groups is 1. The lowest BCUT2D eigenvalue weighted by Crippen LogP contribution is -2.32. The molecule has 0 aliphatic rings. The van der Waals surface area contributed by atoms with Crippen LogP contribution in [-0.4, -0.2) is 24.0 Å². The molecule has 0 fully saturated rings. The SMILES string of the molecule is CCc1cccc(N[C@H](C)C(=O)Nc2cc([N+](=O)[O-])ccc2OC)c1. The third kappa shape index (κ3) is 4.69. The fourth-order valence-corrected chi connectivity index (χ4v) is 2.34. The number of nitro benzene ring substituents is 1. The lowest BCUT2D eigenvalue weighted by atomic mass is 10.1. The Kier molecular flexibility index (Phi) is 5.94. The Morgan fingerprint density at radius 3 is 2.68 bits per heavy atom. The minimum absolute atomic E-state index is 0.118. The van der Waals surface area contributed by atoms with Gasteiger partial charge >= 0.3 is 0 Å². The average Bonchev–Trinajstić information content (AvgIpc) is 2.61. The number of nitrogens with one attached hydrogen (secondary N) is 2. The summed E-state index contributed by atoms with van der Waals surface area (Å²) in [5, 5.41) is 16.7. The second-order valence-electron chi connectivity index (χ2n) is 5.55. The number of anilines is 2. The van der Waals surface area contributed by atoms with Gasteiger partial charge in [0.05, 0.1) is 17.7 Å². The summed E-state index contributed by atoms with van der Waals surface area (Å²) in [5.41, 5.74) is 2.15. The second kappa shape index (κ2) is 8.14. The Balaban J connectivity index is 2.12. The molecule has 0 bridgehead atoms. The molecule has 0 unspecified atom stereocenters. The Hall–Kier alpha value is -3.09. The molecule has 0 saturated heterocycles. The zero-order valence-electron chi connectivity index (χ0n) is 14.4. The lowest BCUT2D eigenvalue weighted by Gasteiger charge is -2.17. The molecular weight excluding hydrogens is 322 g/mol. The standard InChI is InChI=1S/C18H21N3O4/c1-4-13-6-5-7-14(10-13)19-12(2)18(22)20-16-11-15(21(23)24)8-9-17(16)25-3/h5-12,19H,4H2,1-3H3,(H,20,22)/t12-/m1/s1. The molecule has 1 amide bonds. The maximum atomic E-state index is 12.4. The second-order valence-corrected chi connectivity index (χ2v) is 5.55. The van der Waals surface area contributed by atoms with Crippen LogP contribution < -0.4 is 15.4 Å². The van der Waals surface area contributed by atoms with Crippen molar-refractivity contribution in [1.29, 1.82) is 0 Å². The van der Waals surface area contributed by atoms with Crippen LogP contribution in [0.3, 0.4) is 0 Å². The van der Waals surface area contributed by atoms with E-state index in [4.69, 9.17) is 4.74 Å². The van der Waals surface area contributed by atoms with Gasteiger partial charge in [-0.1, -0.05) is 19.1 Å². The van der Waals surface area contributed by atoms with Crippen LogP contribution in [0.2, 0.25) is 0 Å². The summed E-state index contributed by atoms with van der Waals surface area (Å²) in [4.78, 5) is 22.8. The average molecular weight is 343 g/mol. The van der Waals surface area contributed by atoms with Crippen molar-refractivity contribution >= 4 is 23.0 Å². The number of rotatable bonds is 7. The fourth-order valence-electron chi connectivity index (χ4n) is 2.34. The molecule has 0 radical (unpaired) electrons. The highest BCUT2D eigenvalue weighted by molar-refractivity contribution is 5.97. The van der Waals surface area contributed by atoms with Gasteiger partial charge < -0.3 is 15.4 Å². The number of benzene rings is 2. The van der Waals surface area contributed by atoms with Gasteiger partial charge in [0.15, 0.2) is 0 Å². The first-order valence-electron chi connectivity index (χ1n) is 7.93. The quantitative estimate of drug-likeness (QED) is 0.592. The monoisotopic (exact) mass is 343 g/mol. The molecule has 2 rings (SSSR count). The van der Waals surface area contributed by atoms with E-state index in [0.717, 1.165) is 17.7 Å².